The number of hydrogen-bond donors (Lipinski definition) is 2. The Kier molecular flexibility index (Phi) is 5.96. The molecule has 0 saturated carbocycles. The summed E-state index contributed by atoms with van der Waals surface area (Å²) < 4.78 is 10.3. The van der Waals surface area contributed by atoms with Crippen LogP contribution >= 0.6 is 12.2 Å². The smallest absolute Gasteiger partial charge is 0.187 e. The zero-order chi connectivity index (χ0) is 15.6. The van der Waals surface area contributed by atoms with Crippen LogP contribution in [0.25, 0.3) is 0 Å². The van der Waals surface area contributed by atoms with Gasteiger partial charge in [0.2, 0.25) is 0 Å². The first-order chi connectivity index (χ1) is 10.8. The van der Waals surface area contributed by atoms with Crippen LogP contribution in [0.15, 0.2) is 52.2 Å². The third kappa shape index (κ3) is 5.26. The molecular weight excluding hydrogens is 300 g/mol. The van der Waals surface area contributed by atoms with Gasteiger partial charge in [-0.1, -0.05) is 0 Å². The van der Waals surface area contributed by atoms with Crippen molar-refractivity contribution in [2.75, 3.05) is 6.61 Å². The first-order valence-electron chi connectivity index (χ1n) is 6.47. The third-order valence-corrected chi connectivity index (χ3v) is 2.80. The second-order valence-corrected chi connectivity index (χ2v) is 4.56. The van der Waals surface area contributed by atoms with E-state index in [0.717, 1.165) is 11.3 Å². The highest BCUT2D eigenvalue weighted by Gasteiger charge is 1.97. The average molecular weight is 314 g/mol. The molecule has 2 aromatic rings. The van der Waals surface area contributed by atoms with Gasteiger partial charge >= 0.3 is 0 Å². The quantitative estimate of drug-likeness (QED) is 0.483. The Morgan fingerprint density at radius 2 is 2.18 bits per heavy atom. The fourth-order valence-electron chi connectivity index (χ4n) is 1.55. The maximum Gasteiger partial charge on any atom is 0.187 e. The molecule has 1 heterocycles. The molecule has 0 aliphatic carbocycles. The van der Waals surface area contributed by atoms with Gasteiger partial charge in [-0.15, -0.1) is 0 Å². The summed E-state index contributed by atoms with van der Waals surface area (Å²) in [5, 5.41) is 15.8. The minimum atomic E-state index is 0.0323. The van der Waals surface area contributed by atoms with Crippen molar-refractivity contribution >= 4 is 23.5 Å². The maximum absolute atomic E-state index is 8.43. The van der Waals surface area contributed by atoms with Gasteiger partial charge in [0.25, 0.3) is 0 Å². The molecule has 0 fully saturated rings. The fraction of sp³-hybridized carbons (Fsp3) is 0.133. The standard InChI is InChI=1S/C15H14N4O2S/c16-7-9-21-13-5-3-12(4-6-13)10-18-19-15(22)17-11-14-2-1-8-20-14/h1-6,8,10H,9,11H2,(H2,17,19,22)/b18-10-. The average Bonchev–Trinajstić information content (AvgIpc) is 3.06. The Balaban J connectivity index is 1.74. The van der Waals surface area contributed by atoms with Gasteiger partial charge in [-0.3, -0.25) is 5.43 Å². The number of thiocarbonyl (C=S) groups is 1. The number of ether oxygens (including phenoxy) is 1. The third-order valence-electron chi connectivity index (χ3n) is 2.57. The summed E-state index contributed by atoms with van der Waals surface area (Å²) in [5.41, 5.74) is 3.60. The highest BCUT2D eigenvalue weighted by Crippen LogP contribution is 2.10. The highest BCUT2D eigenvalue weighted by atomic mass is 32.1. The van der Waals surface area contributed by atoms with Gasteiger partial charge in [0.05, 0.1) is 19.0 Å². The van der Waals surface area contributed by atoms with Crippen LogP contribution in [0.4, 0.5) is 0 Å². The summed E-state index contributed by atoms with van der Waals surface area (Å²) in [6.45, 7) is 0.532. The molecule has 22 heavy (non-hydrogen) atoms. The van der Waals surface area contributed by atoms with E-state index < -0.39 is 0 Å². The van der Waals surface area contributed by atoms with Gasteiger partial charge in [-0.2, -0.15) is 10.4 Å². The van der Waals surface area contributed by atoms with Crippen LogP contribution in [0.3, 0.4) is 0 Å². The van der Waals surface area contributed by atoms with E-state index in [1.165, 1.54) is 0 Å². The molecule has 0 spiro atoms. The van der Waals surface area contributed by atoms with Crippen LogP contribution in [0.5, 0.6) is 5.75 Å². The number of furan rings is 1. The normalized spacial score (nSPS) is 10.1. The molecule has 0 unspecified atom stereocenters. The lowest BCUT2D eigenvalue weighted by atomic mass is 10.2. The van der Waals surface area contributed by atoms with Crippen molar-refractivity contribution < 1.29 is 9.15 Å². The maximum atomic E-state index is 8.43. The number of benzene rings is 1. The molecule has 1 aromatic carbocycles. The molecule has 0 aliphatic heterocycles. The summed E-state index contributed by atoms with van der Waals surface area (Å²) in [4.78, 5) is 0. The van der Waals surface area contributed by atoms with E-state index in [0.29, 0.717) is 17.4 Å². The molecule has 6 nitrogen and oxygen atoms in total. The van der Waals surface area contributed by atoms with Gasteiger partial charge in [0.1, 0.15) is 17.6 Å². The van der Waals surface area contributed by atoms with Crippen molar-refractivity contribution in [3.63, 3.8) is 0 Å². The summed E-state index contributed by atoms with van der Waals surface area (Å²) in [6.07, 6.45) is 3.24. The lowest BCUT2D eigenvalue weighted by Gasteiger charge is -2.04. The Labute approximate surface area is 133 Å². The van der Waals surface area contributed by atoms with Gasteiger partial charge in [0, 0.05) is 0 Å². The van der Waals surface area contributed by atoms with E-state index in [4.69, 9.17) is 26.6 Å². The Morgan fingerprint density at radius 3 is 2.86 bits per heavy atom. The molecule has 7 heteroatoms. The molecule has 2 rings (SSSR count). The van der Waals surface area contributed by atoms with Crippen LogP contribution < -0.4 is 15.5 Å². The largest absolute Gasteiger partial charge is 0.479 e. The predicted octanol–water partition coefficient (Wildman–Crippen LogP) is 2.18. The van der Waals surface area contributed by atoms with E-state index in [1.54, 1.807) is 24.6 Å². The molecule has 112 valence electrons. The van der Waals surface area contributed by atoms with Gasteiger partial charge in [-0.05, 0) is 54.2 Å². The van der Waals surface area contributed by atoms with Crippen LogP contribution in [0.2, 0.25) is 0 Å². The molecular formula is C15H14N4O2S. The number of nitriles is 1. The minimum absolute atomic E-state index is 0.0323. The van der Waals surface area contributed by atoms with Crippen LogP contribution in [0.1, 0.15) is 11.3 Å². The molecule has 0 radical (unpaired) electrons. The zero-order valence-corrected chi connectivity index (χ0v) is 12.5. The summed E-state index contributed by atoms with van der Waals surface area (Å²) in [6, 6.07) is 12.8. The molecule has 0 atom stereocenters. The first-order valence-corrected chi connectivity index (χ1v) is 6.88. The number of nitrogens with zero attached hydrogens (tertiary/aromatic N) is 2. The molecule has 0 amide bonds. The molecule has 1 aromatic heterocycles. The van der Waals surface area contributed by atoms with E-state index in [9.17, 15) is 0 Å². The van der Waals surface area contributed by atoms with Crippen molar-refractivity contribution in [1.82, 2.24) is 10.7 Å². The van der Waals surface area contributed by atoms with Crippen molar-refractivity contribution in [3.05, 3.63) is 54.0 Å². The van der Waals surface area contributed by atoms with E-state index in [1.807, 2.05) is 30.3 Å². The first kappa shape index (κ1) is 15.5. The SMILES string of the molecule is N#CCOc1ccc(/C=N\NC(=S)NCc2ccco2)cc1. The van der Waals surface area contributed by atoms with E-state index in [2.05, 4.69) is 15.8 Å². The summed E-state index contributed by atoms with van der Waals surface area (Å²) >= 11 is 5.08. The number of hydrazone groups is 1. The van der Waals surface area contributed by atoms with E-state index >= 15 is 0 Å². The minimum Gasteiger partial charge on any atom is -0.479 e. The second-order valence-electron chi connectivity index (χ2n) is 4.15. The van der Waals surface area contributed by atoms with E-state index in [-0.39, 0.29) is 6.61 Å². The zero-order valence-electron chi connectivity index (χ0n) is 11.7. The second kappa shape index (κ2) is 8.44. The van der Waals surface area contributed by atoms with Crippen LogP contribution in [-0.4, -0.2) is 17.9 Å². The number of nitrogens with one attached hydrogen (secondary N) is 2. The lowest BCUT2D eigenvalue weighted by molar-refractivity contribution is 0.368. The lowest BCUT2D eigenvalue weighted by Crippen LogP contribution is -2.31. The number of rotatable bonds is 6. The fourth-order valence-corrected chi connectivity index (χ4v) is 1.68. The molecule has 0 bridgehead atoms. The van der Waals surface area contributed by atoms with Crippen molar-refractivity contribution in [1.29, 1.82) is 5.26 Å². The molecule has 0 saturated heterocycles. The van der Waals surface area contributed by atoms with Crippen LogP contribution in [-0.2, 0) is 6.54 Å². The topological polar surface area (TPSA) is 82.6 Å². The monoisotopic (exact) mass is 314 g/mol. The van der Waals surface area contributed by atoms with Gasteiger partial charge in [-0.25, -0.2) is 0 Å². The number of hydrogen-bond acceptors (Lipinski definition) is 5. The summed E-state index contributed by atoms with van der Waals surface area (Å²) in [5.74, 6) is 1.43. The van der Waals surface area contributed by atoms with Crippen LogP contribution in [0, 0.1) is 11.3 Å². The van der Waals surface area contributed by atoms with Gasteiger partial charge in [0.15, 0.2) is 11.7 Å². The Bertz CT molecular complexity index is 660. The molecule has 2 N–H and O–H groups in total. The van der Waals surface area contributed by atoms with Crippen molar-refractivity contribution in [2.24, 2.45) is 5.10 Å². The summed E-state index contributed by atoms with van der Waals surface area (Å²) in [7, 11) is 0. The van der Waals surface area contributed by atoms with Crippen molar-refractivity contribution in [2.45, 2.75) is 6.54 Å². The Hall–Kier alpha value is -2.85. The molecule has 0 aliphatic rings. The van der Waals surface area contributed by atoms with Crippen molar-refractivity contribution in [3.8, 4) is 11.8 Å². The highest BCUT2D eigenvalue weighted by molar-refractivity contribution is 7.80. The predicted molar refractivity (Wildman–Crippen MR) is 86.4 cm³/mol. The van der Waals surface area contributed by atoms with Gasteiger partial charge < -0.3 is 14.5 Å². The Morgan fingerprint density at radius 1 is 1.36 bits per heavy atom.